The van der Waals surface area contributed by atoms with Gasteiger partial charge in [0.2, 0.25) is 0 Å². The van der Waals surface area contributed by atoms with Crippen LogP contribution in [0.5, 0.6) is 11.5 Å². The van der Waals surface area contributed by atoms with Crippen molar-refractivity contribution in [1.82, 2.24) is 34.9 Å². The lowest BCUT2D eigenvalue weighted by molar-refractivity contribution is -0.128. The van der Waals surface area contributed by atoms with Crippen LogP contribution in [0.25, 0.3) is 22.3 Å². The number of likely N-dealkylation sites (tertiary alicyclic amines) is 1. The predicted octanol–water partition coefficient (Wildman–Crippen LogP) is 4.51. The van der Waals surface area contributed by atoms with Gasteiger partial charge in [0.05, 0.1) is 11.4 Å². The molecule has 2 aliphatic heterocycles. The van der Waals surface area contributed by atoms with Gasteiger partial charge in [-0.1, -0.05) is 32.0 Å². The van der Waals surface area contributed by atoms with Crippen molar-refractivity contribution in [3.63, 3.8) is 0 Å². The maximum absolute atomic E-state index is 15.6. The standard InChI is InChI=1S/C33H36FN9O2/c1-21(2)30(41-15-12-37-13-16-41)26(18-35)33(44)42-14-6-7-22(19-42)43-32-28(31(36)38-20-39-32)29(40-43)25-11-10-24(17-27(25)34)45-23-8-4-3-5-9-23/h3-5,8-11,17,20-22,37H,6-7,12-16,19H2,1-2H3,(H2,36,38,39)/t22-/m1/s1. The van der Waals surface area contributed by atoms with Crippen LogP contribution in [0, 0.1) is 23.1 Å². The van der Waals surface area contributed by atoms with Gasteiger partial charge >= 0.3 is 0 Å². The highest BCUT2D eigenvalue weighted by Crippen LogP contribution is 2.36. The summed E-state index contributed by atoms with van der Waals surface area (Å²) in [7, 11) is 0. The minimum absolute atomic E-state index is 0.0129. The largest absolute Gasteiger partial charge is 0.457 e. The number of fused-ring (bicyclic) bond motifs is 1. The van der Waals surface area contributed by atoms with E-state index in [0.29, 0.717) is 47.7 Å². The van der Waals surface area contributed by atoms with Gasteiger partial charge < -0.3 is 25.6 Å². The Hall–Kier alpha value is -5.02. The molecule has 2 aromatic heterocycles. The second-order valence-corrected chi connectivity index (χ2v) is 11.6. The molecule has 2 saturated heterocycles. The summed E-state index contributed by atoms with van der Waals surface area (Å²) < 4.78 is 23.2. The van der Waals surface area contributed by atoms with E-state index in [2.05, 4.69) is 26.3 Å². The zero-order chi connectivity index (χ0) is 31.5. The first-order valence-electron chi connectivity index (χ1n) is 15.3. The van der Waals surface area contributed by atoms with E-state index < -0.39 is 5.82 Å². The highest BCUT2D eigenvalue weighted by molar-refractivity contribution is 5.99. The summed E-state index contributed by atoms with van der Waals surface area (Å²) in [5.74, 6) is 0.322. The number of nitrogens with zero attached hydrogens (tertiary/aromatic N) is 7. The van der Waals surface area contributed by atoms with Crippen LogP contribution in [0.4, 0.5) is 10.2 Å². The third-order valence-corrected chi connectivity index (χ3v) is 8.31. The number of aromatic nitrogens is 4. The monoisotopic (exact) mass is 609 g/mol. The summed E-state index contributed by atoms with van der Waals surface area (Å²) in [6.07, 6.45) is 2.78. The molecule has 2 aromatic carbocycles. The lowest BCUT2D eigenvalue weighted by Gasteiger charge is -2.36. The molecule has 0 saturated carbocycles. The lowest BCUT2D eigenvalue weighted by atomic mass is 9.99. The Labute approximate surface area is 261 Å². The molecule has 0 bridgehead atoms. The maximum atomic E-state index is 15.6. The van der Waals surface area contributed by atoms with Gasteiger partial charge in [-0.25, -0.2) is 19.0 Å². The summed E-state index contributed by atoms with van der Waals surface area (Å²) >= 11 is 0. The number of piperidine rings is 1. The van der Waals surface area contributed by atoms with Crippen LogP contribution >= 0.6 is 0 Å². The molecule has 2 aliphatic rings. The van der Waals surface area contributed by atoms with Crippen LogP contribution in [0.15, 0.2) is 66.1 Å². The Balaban J connectivity index is 1.32. The van der Waals surface area contributed by atoms with E-state index >= 15 is 4.39 Å². The highest BCUT2D eigenvalue weighted by Gasteiger charge is 2.33. The third-order valence-electron chi connectivity index (χ3n) is 8.31. The minimum atomic E-state index is -0.531. The zero-order valence-corrected chi connectivity index (χ0v) is 25.4. The minimum Gasteiger partial charge on any atom is -0.457 e. The molecule has 4 heterocycles. The average Bonchev–Trinajstić information content (AvgIpc) is 3.45. The Morgan fingerprint density at radius 3 is 2.58 bits per heavy atom. The van der Waals surface area contributed by atoms with E-state index in [0.717, 1.165) is 38.3 Å². The van der Waals surface area contributed by atoms with Crippen molar-refractivity contribution >= 4 is 22.8 Å². The number of ether oxygens (including phenoxy) is 1. The van der Waals surface area contributed by atoms with E-state index in [-0.39, 0.29) is 34.8 Å². The summed E-state index contributed by atoms with van der Waals surface area (Å²) in [6.45, 7) is 7.97. The zero-order valence-electron chi connectivity index (χ0n) is 25.4. The molecule has 11 nitrogen and oxygen atoms in total. The summed E-state index contributed by atoms with van der Waals surface area (Å²) in [5, 5.41) is 18.8. The summed E-state index contributed by atoms with van der Waals surface area (Å²) in [4.78, 5) is 26.4. The van der Waals surface area contributed by atoms with Crippen molar-refractivity contribution < 1.29 is 13.9 Å². The van der Waals surface area contributed by atoms with Crippen LogP contribution in [-0.4, -0.2) is 74.7 Å². The average molecular weight is 610 g/mol. The van der Waals surface area contributed by atoms with Gasteiger partial charge in [0.15, 0.2) is 5.65 Å². The SMILES string of the molecule is CC(C)C(=C(C#N)C(=O)N1CCC[C@@H](n2nc(-c3ccc(Oc4ccccc4)cc3F)c3c(N)ncnc32)C1)N1CCNCC1. The Morgan fingerprint density at radius 2 is 1.87 bits per heavy atom. The first-order valence-corrected chi connectivity index (χ1v) is 15.3. The van der Waals surface area contributed by atoms with Crippen molar-refractivity contribution in [3.8, 4) is 28.8 Å². The molecule has 0 aliphatic carbocycles. The fourth-order valence-corrected chi connectivity index (χ4v) is 6.24. The number of nitrogens with two attached hydrogens (primary N) is 1. The van der Waals surface area contributed by atoms with E-state index in [1.807, 2.05) is 32.0 Å². The number of allylic oxidation sites excluding steroid dienone is 1. The number of hydrogen-bond donors (Lipinski definition) is 2. The number of para-hydroxylation sites is 1. The Kier molecular flexibility index (Phi) is 8.62. The van der Waals surface area contributed by atoms with Gasteiger partial charge in [-0.3, -0.25) is 4.79 Å². The molecule has 4 aromatic rings. The van der Waals surface area contributed by atoms with Crippen molar-refractivity contribution in [3.05, 3.63) is 71.9 Å². The normalized spacial score (nSPS) is 17.7. The number of nitriles is 1. The van der Waals surface area contributed by atoms with Gasteiger partial charge in [-0.2, -0.15) is 10.4 Å². The van der Waals surface area contributed by atoms with Crippen LogP contribution in [-0.2, 0) is 4.79 Å². The molecule has 12 heteroatoms. The van der Waals surface area contributed by atoms with Crippen LogP contribution in [0.1, 0.15) is 32.7 Å². The van der Waals surface area contributed by atoms with Gasteiger partial charge in [0.1, 0.15) is 46.8 Å². The molecule has 1 amide bonds. The van der Waals surface area contributed by atoms with Crippen LogP contribution in [0.2, 0.25) is 0 Å². The number of piperazine rings is 1. The van der Waals surface area contributed by atoms with Crippen molar-refractivity contribution in [1.29, 1.82) is 5.26 Å². The van der Waals surface area contributed by atoms with E-state index in [9.17, 15) is 10.1 Å². The van der Waals surface area contributed by atoms with Crippen molar-refractivity contribution in [2.24, 2.45) is 5.92 Å². The lowest BCUT2D eigenvalue weighted by Crippen LogP contribution is -2.46. The number of carbonyl (C=O) groups is 1. The molecule has 232 valence electrons. The summed E-state index contributed by atoms with van der Waals surface area (Å²) in [5.41, 5.74) is 8.29. The fourth-order valence-electron chi connectivity index (χ4n) is 6.24. The second-order valence-electron chi connectivity index (χ2n) is 11.6. The van der Waals surface area contributed by atoms with E-state index in [1.54, 1.807) is 33.8 Å². The van der Waals surface area contributed by atoms with Crippen molar-refractivity contribution in [2.45, 2.75) is 32.7 Å². The number of benzene rings is 2. The van der Waals surface area contributed by atoms with Crippen LogP contribution < -0.4 is 15.8 Å². The van der Waals surface area contributed by atoms with Gasteiger partial charge in [-0.05, 0) is 43.0 Å². The Morgan fingerprint density at radius 1 is 1.09 bits per heavy atom. The Bertz CT molecular complexity index is 1770. The molecular weight excluding hydrogens is 573 g/mol. The number of carbonyl (C=O) groups excluding carboxylic acids is 1. The first kappa shape index (κ1) is 30.0. The third kappa shape index (κ3) is 6.04. The van der Waals surface area contributed by atoms with Gasteiger partial charge in [0, 0.05) is 56.6 Å². The number of rotatable bonds is 7. The number of anilines is 1. The molecule has 3 N–H and O–H groups in total. The number of halogens is 1. The number of nitrogens with one attached hydrogen (secondary N) is 1. The molecule has 6 rings (SSSR count). The van der Waals surface area contributed by atoms with E-state index in [4.69, 9.17) is 15.6 Å². The number of hydrogen-bond acceptors (Lipinski definition) is 9. The maximum Gasteiger partial charge on any atom is 0.266 e. The first-order chi connectivity index (χ1) is 21.9. The number of amides is 1. The molecule has 2 fully saturated rings. The molecule has 1 atom stereocenters. The predicted molar refractivity (Wildman–Crippen MR) is 168 cm³/mol. The molecule has 45 heavy (non-hydrogen) atoms. The molecular formula is C33H36FN9O2. The highest BCUT2D eigenvalue weighted by atomic mass is 19.1. The second kappa shape index (κ2) is 12.9. The number of nitrogen functional groups attached to an aromatic ring is 1. The van der Waals surface area contributed by atoms with Crippen molar-refractivity contribution in [2.75, 3.05) is 45.0 Å². The topological polar surface area (TPSA) is 138 Å². The fraction of sp³-hybridized carbons (Fsp3) is 0.364. The van der Waals surface area contributed by atoms with E-state index in [1.165, 1.54) is 12.4 Å². The van der Waals surface area contributed by atoms with Crippen LogP contribution in [0.3, 0.4) is 0 Å². The molecule has 0 radical (unpaired) electrons. The molecule has 0 unspecified atom stereocenters. The summed E-state index contributed by atoms with van der Waals surface area (Å²) in [6, 6.07) is 15.7. The van der Waals surface area contributed by atoms with Gasteiger partial charge in [-0.15, -0.1) is 0 Å². The quantitative estimate of drug-likeness (QED) is 0.229. The smallest absolute Gasteiger partial charge is 0.266 e. The molecule has 0 spiro atoms. The van der Waals surface area contributed by atoms with Gasteiger partial charge in [0.25, 0.3) is 5.91 Å².